The van der Waals surface area contributed by atoms with Crippen LogP contribution in [0, 0.1) is 6.92 Å². The Morgan fingerprint density at radius 2 is 1.85 bits per heavy atom. The first kappa shape index (κ1) is 16.8. The SMILES string of the molecule is Cc1ccc(C(=O)N/N=C\c2cn(Cc3ccccc3)c3ccccc23)o1. The normalized spacial score (nSPS) is 11.3. The second kappa shape index (κ2) is 7.33. The van der Waals surface area contributed by atoms with Gasteiger partial charge in [0.25, 0.3) is 0 Å². The predicted molar refractivity (Wildman–Crippen MR) is 106 cm³/mol. The van der Waals surface area contributed by atoms with Gasteiger partial charge in [-0.3, -0.25) is 4.79 Å². The number of hydrogen-bond acceptors (Lipinski definition) is 3. The standard InChI is InChI=1S/C22H19N3O2/c1-16-11-12-21(27-16)22(26)24-23-13-18-15-25(14-17-7-3-2-4-8-17)20-10-6-5-9-19(18)20/h2-13,15H,14H2,1H3,(H,24,26)/b23-13-. The maximum absolute atomic E-state index is 12.0. The number of aryl methyl sites for hydroxylation is 1. The summed E-state index contributed by atoms with van der Waals surface area (Å²) in [7, 11) is 0. The number of nitrogens with one attached hydrogen (secondary N) is 1. The number of para-hydroxylation sites is 1. The summed E-state index contributed by atoms with van der Waals surface area (Å²) in [5, 5.41) is 5.18. The Kier molecular flexibility index (Phi) is 4.58. The minimum absolute atomic E-state index is 0.246. The number of furan rings is 1. The third kappa shape index (κ3) is 3.67. The summed E-state index contributed by atoms with van der Waals surface area (Å²) in [6.07, 6.45) is 3.71. The van der Waals surface area contributed by atoms with Crippen LogP contribution in [-0.2, 0) is 6.54 Å². The van der Waals surface area contributed by atoms with Crippen LogP contribution in [0.15, 0.2) is 82.4 Å². The van der Waals surface area contributed by atoms with Crippen LogP contribution < -0.4 is 5.43 Å². The van der Waals surface area contributed by atoms with Crippen LogP contribution in [0.1, 0.15) is 27.4 Å². The van der Waals surface area contributed by atoms with Gasteiger partial charge in [0.15, 0.2) is 5.76 Å². The molecule has 0 saturated heterocycles. The molecule has 0 spiro atoms. The van der Waals surface area contributed by atoms with Crippen LogP contribution in [-0.4, -0.2) is 16.7 Å². The van der Waals surface area contributed by atoms with Gasteiger partial charge in [-0.2, -0.15) is 5.10 Å². The number of rotatable bonds is 5. The lowest BCUT2D eigenvalue weighted by atomic mass is 10.2. The molecule has 0 bridgehead atoms. The van der Waals surface area contributed by atoms with E-state index in [-0.39, 0.29) is 11.7 Å². The summed E-state index contributed by atoms with van der Waals surface area (Å²) >= 11 is 0. The Morgan fingerprint density at radius 3 is 2.63 bits per heavy atom. The number of fused-ring (bicyclic) bond motifs is 1. The van der Waals surface area contributed by atoms with E-state index in [4.69, 9.17) is 4.42 Å². The Bertz CT molecular complexity index is 1110. The molecule has 1 N–H and O–H groups in total. The molecule has 134 valence electrons. The molecule has 5 heteroatoms. The highest BCUT2D eigenvalue weighted by atomic mass is 16.3. The number of aromatic nitrogens is 1. The van der Waals surface area contributed by atoms with Crippen molar-refractivity contribution in [3.05, 3.63) is 95.6 Å². The van der Waals surface area contributed by atoms with Gasteiger partial charge in [0.05, 0.1) is 6.21 Å². The van der Waals surface area contributed by atoms with Crippen molar-refractivity contribution >= 4 is 23.0 Å². The quantitative estimate of drug-likeness (QED) is 0.426. The largest absolute Gasteiger partial charge is 0.456 e. The fourth-order valence-electron chi connectivity index (χ4n) is 3.06. The summed E-state index contributed by atoms with van der Waals surface area (Å²) < 4.78 is 7.48. The lowest BCUT2D eigenvalue weighted by molar-refractivity contribution is 0.0926. The minimum atomic E-state index is -0.368. The van der Waals surface area contributed by atoms with Crippen molar-refractivity contribution in [2.75, 3.05) is 0 Å². The van der Waals surface area contributed by atoms with E-state index in [9.17, 15) is 4.79 Å². The van der Waals surface area contributed by atoms with Gasteiger partial charge in [0, 0.05) is 29.2 Å². The highest BCUT2D eigenvalue weighted by Crippen LogP contribution is 2.21. The van der Waals surface area contributed by atoms with Crippen LogP contribution >= 0.6 is 0 Å². The number of hydrogen-bond donors (Lipinski definition) is 1. The summed E-state index contributed by atoms with van der Waals surface area (Å²) in [5.41, 5.74) is 5.80. The molecule has 27 heavy (non-hydrogen) atoms. The van der Waals surface area contributed by atoms with E-state index in [1.165, 1.54) is 5.56 Å². The van der Waals surface area contributed by atoms with Crippen molar-refractivity contribution in [1.82, 2.24) is 9.99 Å². The Balaban J connectivity index is 1.57. The molecule has 0 saturated carbocycles. The van der Waals surface area contributed by atoms with Crippen molar-refractivity contribution < 1.29 is 9.21 Å². The summed E-state index contributed by atoms with van der Waals surface area (Å²) in [6, 6.07) is 21.8. The number of nitrogens with zero attached hydrogens (tertiary/aromatic N) is 2. The highest BCUT2D eigenvalue weighted by molar-refractivity contribution is 6.00. The third-order valence-corrected chi connectivity index (χ3v) is 4.35. The Labute approximate surface area is 156 Å². The topological polar surface area (TPSA) is 59.5 Å². The van der Waals surface area contributed by atoms with Gasteiger partial charge in [-0.15, -0.1) is 0 Å². The van der Waals surface area contributed by atoms with Gasteiger partial charge in [-0.1, -0.05) is 48.5 Å². The number of hydrazone groups is 1. The van der Waals surface area contributed by atoms with Crippen molar-refractivity contribution in [3.63, 3.8) is 0 Å². The molecular formula is C22H19N3O2. The fraction of sp³-hybridized carbons (Fsp3) is 0.0909. The molecule has 5 nitrogen and oxygen atoms in total. The van der Waals surface area contributed by atoms with Crippen molar-refractivity contribution in [2.45, 2.75) is 13.5 Å². The maximum atomic E-state index is 12.0. The van der Waals surface area contributed by atoms with Crippen LogP contribution in [0.3, 0.4) is 0 Å². The maximum Gasteiger partial charge on any atom is 0.307 e. The molecule has 0 fully saturated rings. The molecule has 4 aromatic rings. The van der Waals surface area contributed by atoms with Gasteiger partial charge in [0.2, 0.25) is 0 Å². The van der Waals surface area contributed by atoms with Gasteiger partial charge in [-0.25, -0.2) is 5.43 Å². The zero-order valence-electron chi connectivity index (χ0n) is 14.9. The van der Waals surface area contributed by atoms with E-state index in [1.54, 1.807) is 25.3 Å². The van der Waals surface area contributed by atoms with Gasteiger partial charge in [0.1, 0.15) is 5.76 Å². The van der Waals surface area contributed by atoms with E-state index in [0.29, 0.717) is 5.76 Å². The first-order chi connectivity index (χ1) is 13.2. The molecule has 0 aliphatic rings. The number of amides is 1. The first-order valence-corrected chi connectivity index (χ1v) is 8.72. The van der Waals surface area contributed by atoms with Crippen LogP contribution in [0.2, 0.25) is 0 Å². The third-order valence-electron chi connectivity index (χ3n) is 4.35. The zero-order valence-corrected chi connectivity index (χ0v) is 14.9. The Morgan fingerprint density at radius 1 is 1.07 bits per heavy atom. The lowest BCUT2D eigenvalue weighted by Gasteiger charge is -2.05. The summed E-state index contributed by atoms with van der Waals surface area (Å²) in [4.78, 5) is 12.0. The zero-order chi connectivity index (χ0) is 18.6. The van der Waals surface area contributed by atoms with Crippen molar-refractivity contribution in [3.8, 4) is 0 Å². The van der Waals surface area contributed by atoms with Crippen molar-refractivity contribution in [2.24, 2.45) is 5.10 Å². The molecule has 0 aliphatic heterocycles. The second-order valence-electron chi connectivity index (χ2n) is 6.32. The second-order valence-corrected chi connectivity index (χ2v) is 6.32. The van der Waals surface area contributed by atoms with E-state index in [2.05, 4.69) is 39.4 Å². The summed E-state index contributed by atoms with van der Waals surface area (Å²) in [5.74, 6) is 0.566. The minimum Gasteiger partial charge on any atom is -0.456 e. The van der Waals surface area contributed by atoms with Crippen LogP contribution in [0.4, 0.5) is 0 Å². The van der Waals surface area contributed by atoms with E-state index in [1.807, 2.05) is 36.5 Å². The number of carbonyl (C=O) groups is 1. The van der Waals surface area contributed by atoms with Gasteiger partial charge >= 0.3 is 5.91 Å². The molecule has 4 rings (SSSR count). The molecule has 0 radical (unpaired) electrons. The van der Waals surface area contributed by atoms with Crippen molar-refractivity contribution in [1.29, 1.82) is 0 Å². The van der Waals surface area contributed by atoms with E-state index >= 15 is 0 Å². The predicted octanol–water partition coefficient (Wildman–Crippen LogP) is 4.35. The average molecular weight is 357 g/mol. The molecule has 0 atom stereocenters. The first-order valence-electron chi connectivity index (χ1n) is 8.72. The molecular weight excluding hydrogens is 338 g/mol. The fourth-order valence-corrected chi connectivity index (χ4v) is 3.06. The highest BCUT2D eigenvalue weighted by Gasteiger charge is 2.09. The molecule has 2 aromatic heterocycles. The average Bonchev–Trinajstić information content (AvgIpc) is 3.27. The molecule has 0 unspecified atom stereocenters. The smallest absolute Gasteiger partial charge is 0.307 e. The molecule has 0 aliphatic carbocycles. The molecule has 1 amide bonds. The lowest BCUT2D eigenvalue weighted by Crippen LogP contribution is -2.16. The summed E-state index contributed by atoms with van der Waals surface area (Å²) in [6.45, 7) is 2.56. The van der Waals surface area contributed by atoms with E-state index < -0.39 is 0 Å². The van der Waals surface area contributed by atoms with Crippen LogP contribution in [0.5, 0.6) is 0 Å². The number of benzene rings is 2. The van der Waals surface area contributed by atoms with Gasteiger partial charge in [-0.05, 0) is 30.7 Å². The molecule has 2 heterocycles. The molecule has 2 aromatic carbocycles. The Hall–Kier alpha value is -3.60. The van der Waals surface area contributed by atoms with E-state index in [0.717, 1.165) is 23.0 Å². The number of carbonyl (C=O) groups excluding carboxylic acids is 1. The van der Waals surface area contributed by atoms with Gasteiger partial charge < -0.3 is 8.98 Å². The monoisotopic (exact) mass is 357 g/mol. The van der Waals surface area contributed by atoms with Crippen LogP contribution in [0.25, 0.3) is 10.9 Å².